The van der Waals surface area contributed by atoms with E-state index in [1.54, 1.807) is 7.11 Å². The van der Waals surface area contributed by atoms with Crippen molar-refractivity contribution in [2.45, 2.75) is 13.5 Å². The highest BCUT2D eigenvalue weighted by atomic mass is 16.5. The number of rotatable bonds is 2. The van der Waals surface area contributed by atoms with Crippen LogP contribution in [0.25, 0.3) is 10.9 Å². The van der Waals surface area contributed by atoms with Gasteiger partial charge in [0.1, 0.15) is 6.54 Å². The number of benzene rings is 1. The van der Waals surface area contributed by atoms with Gasteiger partial charge >= 0.3 is 5.88 Å². The van der Waals surface area contributed by atoms with Crippen LogP contribution in [-0.4, -0.2) is 7.11 Å². The molecule has 0 unspecified atom stereocenters. The van der Waals surface area contributed by atoms with Gasteiger partial charge < -0.3 is 4.74 Å². The van der Waals surface area contributed by atoms with Crippen LogP contribution in [0.3, 0.4) is 0 Å². The molecule has 0 amide bonds. The maximum Gasteiger partial charge on any atom is 0.368 e. The van der Waals surface area contributed by atoms with E-state index in [1.807, 2.05) is 12.1 Å². The molecule has 0 aliphatic rings. The Kier molecular flexibility index (Phi) is 2.35. The topological polar surface area (TPSA) is 13.1 Å². The number of hydrogen-bond acceptors (Lipinski definition) is 1. The first-order chi connectivity index (χ1) is 6.86. The highest BCUT2D eigenvalue weighted by Crippen LogP contribution is 2.13. The summed E-state index contributed by atoms with van der Waals surface area (Å²) in [5.74, 6) is 0.909. The summed E-state index contributed by atoms with van der Waals surface area (Å²) in [6.07, 6.45) is 0. The van der Waals surface area contributed by atoms with E-state index in [4.69, 9.17) is 4.74 Å². The zero-order valence-electron chi connectivity index (χ0n) is 8.53. The van der Waals surface area contributed by atoms with Crippen LogP contribution >= 0.6 is 0 Å². The standard InChI is InChI=1S/C12H14NO/c1-3-13-11-7-5-4-6-10(11)8-9-12(13)14-2/h4-9H,3H2,1-2H3/q+1. The lowest BCUT2D eigenvalue weighted by Gasteiger charge is -2.03. The van der Waals surface area contributed by atoms with Crippen LogP contribution in [0.15, 0.2) is 36.4 Å². The number of aryl methyl sites for hydroxylation is 1. The van der Waals surface area contributed by atoms with Gasteiger partial charge in [0.2, 0.25) is 5.52 Å². The lowest BCUT2D eigenvalue weighted by molar-refractivity contribution is -0.672. The first-order valence-corrected chi connectivity index (χ1v) is 4.82. The maximum atomic E-state index is 5.31. The van der Waals surface area contributed by atoms with E-state index in [0.29, 0.717) is 0 Å². The minimum absolute atomic E-state index is 0.909. The quantitative estimate of drug-likeness (QED) is 0.658. The monoisotopic (exact) mass is 188 g/mol. The Morgan fingerprint density at radius 2 is 1.93 bits per heavy atom. The third kappa shape index (κ3) is 1.33. The fourth-order valence-electron chi connectivity index (χ4n) is 1.75. The molecule has 14 heavy (non-hydrogen) atoms. The molecule has 0 aliphatic heterocycles. The molecular weight excluding hydrogens is 174 g/mol. The van der Waals surface area contributed by atoms with Crippen molar-refractivity contribution < 1.29 is 9.30 Å². The third-order valence-electron chi connectivity index (χ3n) is 2.42. The Morgan fingerprint density at radius 3 is 2.64 bits per heavy atom. The summed E-state index contributed by atoms with van der Waals surface area (Å²) >= 11 is 0. The molecule has 0 spiro atoms. The van der Waals surface area contributed by atoms with Crippen molar-refractivity contribution in [3.8, 4) is 5.88 Å². The van der Waals surface area contributed by atoms with Gasteiger partial charge in [-0.05, 0) is 19.1 Å². The zero-order valence-corrected chi connectivity index (χ0v) is 8.53. The van der Waals surface area contributed by atoms with E-state index in [1.165, 1.54) is 10.9 Å². The Balaban J connectivity index is 2.77. The van der Waals surface area contributed by atoms with Crippen LogP contribution in [0, 0.1) is 0 Å². The van der Waals surface area contributed by atoms with Crippen molar-refractivity contribution in [3.63, 3.8) is 0 Å². The summed E-state index contributed by atoms with van der Waals surface area (Å²) < 4.78 is 7.47. The highest BCUT2D eigenvalue weighted by molar-refractivity contribution is 5.75. The Hall–Kier alpha value is -1.57. The molecule has 1 heterocycles. The molecule has 0 atom stereocenters. The van der Waals surface area contributed by atoms with Gasteiger partial charge in [0.05, 0.1) is 13.2 Å². The summed E-state index contributed by atoms with van der Waals surface area (Å²) in [7, 11) is 1.70. The molecule has 1 aromatic carbocycles. The fraction of sp³-hybridized carbons (Fsp3) is 0.250. The van der Waals surface area contributed by atoms with Gasteiger partial charge in [-0.25, -0.2) is 0 Å². The number of methoxy groups -OCH3 is 1. The average molecular weight is 188 g/mol. The molecule has 0 saturated carbocycles. The molecule has 0 aliphatic carbocycles. The van der Waals surface area contributed by atoms with Crippen molar-refractivity contribution in [2.75, 3.05) is 7.11 Å². The molecule has 2 aromatic rings. The molecular formula is C12H14NO+. The molecule has 0 bridgehead atoms. The molecule has 1 aromatic heterocycles. The third-order valence-corrected chi connectivity index (χ3v) is 2.42. The van der Waals surface area contributed by atoms with Crippen molar-refractivity contribution in [3.05, 3.63) is 36.4 Å². The number of ether oxygens (including phenoxy) is 1. The predicted octanol–water partition coefficient (Wildman–Crippen LogP) is 2.16. The summed E-state index contributed by atoms with van der Waals surface area (Å²) in [4.78, 5) is 0. The van der Waals surface area contributed by atoms with E-state index >= 15 is 0 Å². The van der Waals surface area contributed by atoms with Crippen LogP contribution in [-0.2, 0) is 6.54 Å². The van der Waals surface area contributed by atoms with Gasteiger partial charge in [-0.1, -0.05) is 12.1 Å². The second-order valence-corrected chi connectivity index (χ2v) is 3.18. The maximum absolute atomic E-state index is 5.31. The zero-order chi connectivity index (χ0) is 9.97. The van der Waals surface area contributed by atoms with Crippen LogP contribution < -0.4 is 9.30 Å². The first-order valence-electron chi connectivity index (χ1n) is 4.82. The van der Waals surface area contributed by atoms with Gasteiger partial charge in [0.25, 0.3) is 0 Å². The normalized spacial score (nSPS) is 10.4. The van der Waals surface area contributed by atoms with Gasteiger partial charge in [0.15, 0.2) is 0 Å². The van der Waals surface area contributed by atoms with E-state index in [-0.39, 0.29) is 0 Å². The van der Waals surface area contributed by atoms with Gasteiger partial charge in [-0.15, -0.1) is 0 Å². The second kappa shape index (κ2) is 3.66. The van der Waals surface area contributed by atoms with Crippen molar-refractivity contribution in [1.29, 1.82) is 0 Å². The average Bonchev–Trinajstić information content (AvgIpc) is 2.27. The second-order valence-electron chi connectivity index (χ2n) is 3.18. The number of hydrogen-bond donors (Lipinski definition) is 0. The minimum Gasteiger partial charge on any atom is -0.448 e. The van der Waals surface area contributed by atoms with Crippen LogP contribution in [0.1, 0.15) is 6.92 Å². The summed E-state index contributed by atoms with van der Waals surface area (Å²) in [6, 6.07) is 12.4. The fourth-order valence-corrected chi connectivity index (χ4v) is 1.75. The minimum atomic E-state index is 0.909. The molecule has 2 nitrogen and oxygen atoms in total. The molecule has 2 rings (SSSR count). The lowest BCUT2D eigenvalue weighted by Crippen LogP contribution is -2.34. The number of pyridine rings is 1. The number of para-hydroxylation sites is 1. The summed E-state index contributed by atoms with van der Waals surface area (Å²) in [5, 5.41) is 1.25. The van der Waals surface area contributed by atoms with Crippen LogP contribution in [0.4, 0.5) is 0 Å². The highest BCUT2D eigenvalue weighted by Gasteiger charge is 2.12. The molecule has 72 valence electrons. The number of nitrogens with zero attached hydrogens (tertiary/aromatic N) is 1. The van der Waals surface area contributed by atoms with Gasteiger partial charge in [-0.3, -0.25) is 0 Å². The van der Waals surface area contributed by atoms with Crippen LogP contribution in [0.2, 0.25) is 0 Å². The van der Waals surface area contributed by atoms with Crippen molar-refractivity contribution in [1.82, 2.24) is 0 Å². The molecule has 0 fully saturated rings. The van der Waals surface area contributed by atoms with Crippen molar-refractivity contribution >= 4 is 10.9 Å². The smallest absolute Gasteiger partial charge is 0.368 e. The summed E-state index contributed by atoms with van der Waals surface area (Å²) in [6.45, 7) is 3.04. The molecule has 0 N–H and O–H groups in total. The van der Waals surface area contributed by atoms with Gasteiger partial charge in [0, 0.05) is 11.5 Å². The van der Waals surface area contributed by atoms with Gasteiger partial charge in [-0.2, -0.15) is 4.57 Å². The number of aromatic nitrogens is 1. The Morgan fingerprint density at radius 1 is 1.14 bits per heavy atom. The Labute approximate surface area is 83.8 Å². The Bertz CT molecular complexity index is 451. The molecule has 0 saturated heterocycles. The predicted molar refractivity (Wildman–Crippen MR) is 56.4 cm³/mol. The van der Waals surface area contributed by atoms with E-state index in [0.717, 1.165) is 12.4 Å². The van der Waals surface area contributed by atoms with E-state index in [2.05, 4.69) is 35.8 Å². The first kappa shape index (κ1) is 9.00. The van der Waals surface area contributed by atoms with E-state index in [9.17, 15) is 0 Å². The largest absolute Gasteiger partial charge is 0.448 e. The summed E-state index contributed by atoms with van der Waals surface area (Å²) in [5.41, 5.74) is 1.22. The molecule has 0 radical (unpaired) electrons. The van der Waals surface area contributed by atoms with E-state index < -0.39 is 0 Å². The molecule has 2 heteroatoms. The van der Waals surface area contributed by atoms with Crippen LogP contribution in [0.5, 0.6) is 5.88 Å². The lowest BCUT2D eigenvalue weighted by atomic mass is 10.2. The van der Waals surface area contributed by atoms with Crippen molar-refractivity contribution in [2.24, 2.45) is 0 Å². The number of fused-ring (bicyclic) bond motifs is 1. The SMILES string of the molecule is CC[n+]1c(OC)ccc2ccccc21.